The van der Waals surface area contributed by atoms with Crippen LogP contribution in [0.25, 0.3) is 11.3 Å². The molecule has 0 saturated heterocycles. The molecule has 0 spiro atoms. The predicted molar refractivity (Wildman–Crippen MR) is 110 cm³/mol. The van der Waals surface area contributed by atoms with Crippen molar-refractivity contribution in [2.24, 2.45) is 0 Å². The summed E-state index contributed by atoms with van der Waals surface area (Å²) < 4.78 is 19.5. The van der Waals surface area contributed by atoms with Crippen LogP contribution in [0.1, 0.15) is 17.7 Å². The van der Waals surface area contributed by atoms with Crippen LogP contribution in [0.3, 0.4) is 0 Å². The topological polar surface area (TPSA) is 45.5 Å². The summed E-state index contributed by atoms with van der Waals surface area (Å²) in [7, 11) is 4.10. The molecule has 0 aliphatic heterocycles. The zero-order chi connectivity index (χ0) is 19.9. The lowest BCUT2D eigenvalue weighted by Crippen LogP contribution is -2.15. The minimum Gasteiger partial charge on any atom is -0.461 e. The van der Waals surface area contributed by atoms with Gasteiger partial charge in [0.1, 0.15) is 17.3 Å². The van der Waals surface area contributed by atoms with Crippen LogP contribution in [0.5, 0.6) is 0 Å². The van der Waals surface area contributed by atoms with Gasteiger partial charge in [-0.15, -0.1) is 0 Å². The van der Waals surface area contributed by atoms with E-state index < -0.39 is 0 Å². The van der Waals surface area contributed by atoms with Gasteiger partial charge in [0, 0.05) is 25.1 Å². The van der Waals surface area contributed by atoms with E-state index in [9.17, 15) is 9.18 Å². The number of carbonyl (C=O) groups excluding carboxylic acids is 1. The third-order valence-electron chi connectivity index (χ3n) is 4.48. The van der Waals surface area contributed by atoms with Gasteiger partial charge in [0.05, 0.1) is 5.56 Å². The van der Waals surface area contributed by atoms with Crippen molar-refractivity contribution in [3.8, 4) is 11.3 Å². The fourth-order valence-electron chi connectivity index (χ4n) is 2.89. The van der Waals surface area contributed by atoms with Crippen LogP contribution in [0.4, 0.5) is 10.1 Å². The molecule has 0 fully saturated rings. The first kappa shape index (κ1) is 19.8. The lowest BCUT2D eigenvalue weighted by atomic mass is 10.1. The Morgan fingerprint density at radius 2 is 1.75 bits per heavy atom. The second-order valence-electron chi connectivity index (χ2n) is 7.04. The van der Waals surface area contributed by atoms with Gasteiger partial charge in [-0.25, -0.2) is 4.39 Å². The molecule has 1 heterocycles. The molecule has 1 aromatic heterocycles. The number of amides is 1. The monoisotopic (exact) mass is 380 g/mol. The molecule has 0 atom stereocenters. The Kier molecular flexibility index (Phi) is 6.61. The van der Waals surface area contributed by atoms with Crippen LogP contribution in [0.15, 0.2) is 65.1 Å². The molecule has 3 rings (SSSR count). The van der Waals surface area contributed by atoms with Gasteiger partial charge in [-0.2, -0.15) is 0 Å². The number of halogens is 1. The Bertz CT molecular complexity index is 916. The molecular formula is C23H25FN2O2. The molecule has 0 unspecified atom stereocenters. The van der Waals surface area contributed by atoms with Crippen LogP contribution >= 0.6 is 0 Å². The van der Waals surface area contributed by atoms with Gasteiger partial charge >= 0.3 is 0 Å². The maximum absolute atomic E-state index is 13.8. The number of nitrogens with zero attached hydrogens (tertiary/aromatic N) is 1. The minimum atomic E-state index is -0.324. The van der Waals surface area contributed by atoms with Gasteiger partial charge in [0.2, 0.25) is 5.91 Å². The van der Waals surface area contributed by atoms with E-state index in [0.29, 0.717) is 29.9 Å². The highest BCUT2D eigenvalue weighted by atomic mass is 19.1. The van der Waals surface area contributed by atoms with Crippen molar-refractivity contribution in [2.75, 3.05) is 26.0 Å². The lowest BCUT2D eigenvalue weighted by molar-refractivity contribution is -0.116. The largest absolute Gasteiger partial charge is 0.461 e. The van der Waals surface area contributed by atoms with Crippen molar-refractivity contribution in [3.63, 3.8) is 0 Å². The quantitative estimate of drug-likeness (QED) is 0.613. The van der Waals surface area contributed by atoms with Gasteiger partial charge in [-0.3, -0.25) is 4.79 Å². The molecule has 0 radical (unpaired) electrons. The summed E-state index contributed by atoms with van der Waals surface area (Å²) in [6, 6.07) is 17.9. The van der Waals surface area contributed by atoms with E-state index in [0.717, 1.165) is 18.7 Å². The Morgan fingerprint density at radius 1 is 1.00 bits per heavy atom. The summed E-state index contributed by atoms with van der Waals surface area (Å²) in [5.74, 6) is 0.731. The van der Waals surface area contributed by atoms with Gasteiger partial charge in [0.15, 0.2) is 0 Å². The Balaban J connectivity index is 1.50. The Labute approximate surface area is 165 Å². The highest BCUT2D eigenvalue weighted by Gasteiger charge is 2.10. The van der Waals surface area contributed by atoms with E-state index in [1.807, 2.05) is 38.4 Å². The Morgan fingerprint density at radius 3 is 2.46 bits per heavy atom. The molecule has 0 aliphatic rings. The molecule has 0 aliphatic carbocycles. The van der Waals surface area contributed by atoms with E-state index in [1.165, 1.54) is 11.6 Å². The zero-order valence-electron chi connectivity index (χ0n) is 16.2. The van der Waals surface area contributed by atoms with E-state index >= 15 is 0 Å². The molecular weight excluding hydrogens is 355 g/mol. The minimum absolute atomic E-state index is 0.0788. The third-order valence-corrected chi connectivity index (χ3v) is 4.48. The zero-order valence-corrected chi connectivity index (χ0v) is 16.2. The Hall–Kier alpha value is -2.92. The molecule has 4 nitrogen and oxygen atoms in total. The van der Waals surface area contributed by atoms with Crippen molar-refractivity contribution in [2.45, 2.75) is 19.3 Å². The average molecular weight is 380 g/mol. The second kappa shape index (κ2) is 9.33. The van der Waals surface area contributed by atoms with Crippen molar-refractivity contribution < 1.29 is 13.6 Å². The number of carbonyl (C=O) groups is 1. The van der Waals surface area contributed by atoms with Gasteiger partial charge < -0.3 is 14.6 Å². The molecule has 146 valence electrons. The van der Waals surface area contributed by atoms with Gasteiger partial charge in [0.25, 0.3) is 0 Å². The summed E-state index contributed by atoms with van der Waals surface area (Å²) >= 11 is 0. The second-order valence-corrected chi connectivity index (χ2v) is 7.04. The average Bonchev–Trinajstić information content (AvgIpc) is 3.15. The molecule has 2 aromatic carbocycles. The maximum atomic E-state index is 13.8. The van der Waals surface area contributed by atoms with Crippen LogP contribution in [0, 0.1) is 5.82 Å². The van der Waals surface area contributed by atoms with Crippen LogP contribution in [-0.2, 0) is 17.6 Å². The molecule has 0 saturated carbocycles. The lowest BCUT2D eigenvalue weighted by Gasteiger charge is -2.10. The smallest absolute Gasteiger partial charge is 0.224 e. The number of anilines is 1. The van der Waals surface area contributed by atoms with Crippen LogP contribution in [-0.4, -0.2) is 31.4 Å². The maximum Gasteiger partial charge on any atom is 0.224 e. The van der Waals surface area contributed by atoms with E-state index in [4.69, 9.17) is 4.42 Å². The predicted octanol–water partition coefficient (Wildman–Crippen LogP) is 4.76. The number of hydrogen-bond acceptors (Lipinski definition) is 3. The van der Waals surface area contributed by atoms with Gasteiger partial charge in [-0.05, 0) is 62.5 Å². The van der Waals surface area contributed by atoms with E-state index in [1.54, 1.807) is 30.3 Å². The molecule has 1 amide bonds. The number of benzene rings is 2. The number of nitrogens with one attached hydrogen (secondary N) is 1. The van der Waals surface area contributed by atoms with E-state index in [2.05, 4.69) is 10.2 Å². The summed E-state index contributed by atoms with van der Waals surface area (Å²) in [6.07, 6.45) is 1.73. The molecule has 3 aromatic rings. The number of likely N-dealkylation sites (N-methyl/N-ethyl adjacent to an activating group) is 1. The first-order chi connectivity index (χ1) is 13.5. The third kappa shape index (κ3) is 5.54. The molecule has 5 heteroatoms. The molecule has 28 heavy (non-hydrogen) atoms. The standard InChI is InChI=1S/C23H25FN2O2/c1-26(2)16-15-17-7-9-18(10-8-17)25-23(27)14-12-19-11-13-22(28-19)20-5-3-4-6-21(20)24/h3-11,13H,12,14-16H2,1-2H3,(H,25,27). The summed E-state index contributed by atoms with van der Waals surface area (Å²) in [5, 5.41) is 2.90. The van der Waals surface area contributed by atoms with Crippen LogP contribution < -0.4 is 5.32 Å². The molecule has 0 bridgehead atoms. The van der Waals surface area contributed by atoms with Crippen LogP contribution in [0.2, 0.25) is 0 Å². The van der Waals surface area contributed by atoms with Crippen molar-refractivity contribution in [1.82, 2.24) is 4.90 Å². The highest BCUT2D eigenvalue weighted by Crippen LogP contribution is 2.25. The first-order valence-electron chi connectivity index (χ1n) is 9.38. The fraction of sp³-hybridized carbons (Fsp3) is 0.261. The highest BCUT2D eigenvalue weighted by molar-refractivity contribution is 5.90. The van der Waals surface area contributed by atoms with Gasteiger partial charge in [-0.1, -0.05) is 24.3 Å². The number of rotatable bonds is 8. The van der Waals surface area contributed by atoms with Crippen molar-refractivity contribution in [3.05, 3.63) is 77.8 Å². The summed E-state index contributed by atoms with van der Waals surface area (Å²) in [5.41, 5.74) is 2.45. The van der Waals surface area contributed by atoms with E-state index in [-0.39, 0.29) is 11.7 Å². The summed E-state index contributed by atoms with van der Waals surface area (Å²) in [4.78, 5) is 14.3. The normalized spacial score (nSPS) is 11.0. The number of hydrogen-bond donors (Lipinski definition) is 1. The SMILES string of the molecule is CN(C)CCc1ccc(NC(=O)CCc2ccc(-c3ccccc3F)o2)cc1. The van der Waals surface area contributed by atoms with Crippen molar-refractivity contribution >= 4 is 11.6 Å². The molecule has 1 N–H and O–H groups in total. The fourth-order valence-corrected chi connectivity index (χ4v) is 2.89. The first-order valence-corrected chi connectivity index (χ1v) is 9.38. The van der Waals surface area contributed by atoms with Crippen molar-refractivity contribution in [1.29, 1.82) is 0 Å². The number of aryl methyl sites for hydroxylation is 1. The summed E-state index contributed by atoms with van der Waals surface area (Å²) in [6.45, 7) is 0.990. The number of furan rings is 1.